The summed E-state index contributed by atoms with van der Waals surface area (Å²) >= 11 is 0. The Morgan fingerprint density at radius 2 is 1.85 bits per heavy atom. The van der Waals surface area contributed by atoms with Gasteiger partial charge in [-0.15, -0.1) is 0 Å². The summed E-state index contributed by atoms with van der Waals surface area (Å²) in [7, 11) is 0. The quantitative estimate of drug-likeness (QED) is 0.824. The smallest absolute Gasteiger partial charge is 0.123 e. The number of nitrogen functional groups attached to an aromatic ring is 1. The predicted octanol–water partition coefficient (Wildman–Crippen LogP) is 4.59. The van der Waals surface area contributed by atoms with Gasteiger partial charge in [0.15, 0.2) is 0 Å². The molecule has 0 aliphatic heterocycles. The largest absolute Gasteiger partial charge is 0.489 e. The molecule has 0 fully saturated rings. The fourth-order valence-electron chi connectivity index (χ4n) is 2.26. The van der Waals surface area contributed by atoms with Crippen LogP contribution in [0.3, 0.4) is 0 Å². The summed E-state index contributed by atoms with van der Waals surface area (Å²) in [5, 5.41) is 0. The molecule has 0 atom stereocenters. The Hall–Kier alpha value is -1.96. The zero-order valence-electron chi connectivity index (χ0n) is 12.7. The first kappa shape index (κ1) is 14.4. The molecule has 0 aromatic heterocycles. The highest BCUT2D eigenvalue weighted by Crippen LogP contribution is 2.28. The third-order valence-electron chi connectivity index (χ3n) is 3.66. The zero-order chi connectivity index (χ0) is 14.7. The van der Waals surface area contributed by atoms with E-state index in [-0.39, 0.29) is 0 Å². The van der Waals surface area contributed by atoms with Crippen LogP contribution in [-0.4, -0.2) is 0 Å². The number of aryl methyl sites for hydroxylation is 1. The molecule has 2 heteroatoms. The van der Waals surface area contributed by atoms with Crippen LogP contribution >= 0.6 is 0 Å². The van der Waals surface area contributed by atoms with E-state index in [4.69, 9.17) is 10.5 Å². The van der Waals surface area contributed by atoms with Crippen LogP contribution in [-0.2, 0) is 6.61 Å². The molecule has 2 aromatic carbocycles. The van der Waals surface area contributed by atoms with E-state index < -0.39 is 0 Å². The van der Waals surface area contributed by atoms with Crippen LogP contribution < -0.4 is 10.5 Å². The van der Waals surface area contributed by atoms with Gasteiger partial charge in [0.05, 0.1) is 0 Å². The fraction of sp³-hybridized carbons (Fsp3) is 0.333. The molecule has 106 valence electrons. The molecule has 0 saturated heterocycles. The molecular weight excluding hydrogens is 246 g/mol. The van der Waals surface area contributed by atoms with E-state index in [2.05, 4.69) is 45.0 Å². The van der Waals surface area contributed by atoms with Crippen molar-refractivity contribution >= 4 is 5.69 Å². The summed E-state index contributed by atoms with van der Waals surface area (Å²) in [4.78, 5) is 0. The van der Waals surface area contributed by atoms with Gasteiger partial charge in [0, 0.05) is 5.69 Å². The Kier molecular flexibility index (Phi) is 4.33. The molecule has 2 aromatic rings. The van der Waals surface area contributed by atoms with Gasteiger partial charge in [-0.05, 0) is 54.2 Å². The van der Waals surface area contributed by atoms with Crippen molar-refractivity contribution in [3.63, 3.8) is 0 Å². The van der Waals surface area contributed by atoms with Crippen LogP contribution in [0, 0.1) is 13.8 Å². The van der Waals surface area contributed by atoms with Gasteiger partial charge in [-0.1, -0.05) is 38.1 Å². The summed E-state index contributed by atoms with van der Waals surface area (Å²) in [5.74, 6) is 1.43. The number of hydrogen-bond acceptors (Lipinski definition) is 2. The van der Waals surface area contributed by atoms with Crippen molar-refractivity contribution in [2.24, 2.45) is 0 Å². The fourth-order valence-corrected chi connectivity index (χ4v) is 2.26. The molecule has 0 heterocycles. The zero-order valence-corrected chi connectivity index (χ0v) is 12.7. The highest BCUT2D eigenvalue weighted by molar-refractivity contribution is 5.50. The Morgan fingerprint density at radius 3 is 2.55 bits per heavy atom. The van der Waals surface area contributed by atoms with Crippen molar-refractivity contribution in [1.82, 2.24) is 0 Å². The van der Waals surface area contributed by atoms with Crippen molar-refractivity contribution in [3.8, 4) is 5.75 Å². The molecule has 0 aliphatic rings. The summed E-state index contributed by atoms with van der Waals surface area (Å²) in [6.07, 6.45) is 0. The first-order valence-corrected chi connectivity index (χ1v) is 7.06. The molecule has 0 unspecified atom stereocenters. The van der Waals surface area contributed by atoms with Crippen molar-refractivity contribution in [2.75, 3.05) is 5.73 Å². The third kappa shape index (κ3) is 3.13. The monoisotopic (exact) mass is 269 g/mol. The minimum absolute atomic E-state index is 0.451. The second-order valence-corrected chi connectivity index (χ2v) is 5.62. The van der Waals surface area contributed by atoms with Crippen LogP contribution in [0.25, 0.3) is 0 Å². The van der Waals surface area contributed by atoms with Crippen LogP contribution in [0.15, 0.2) is 36.4 Å². The average molecular weight is 269 g/mol. The summed E-state index contributed by atoms with van der Waals surface area (Å²) in [6.45, 7) is 9.04. The van der Waals surface area contributed by atoms with Gasteiger partial charge in [-0.3, -0.25) is 0 Å². The predicted molar refractivity (Wildman–Crippen MR) is 85.2 cm³/mol. The van der Waals surface area contributed by atoms with Gasteiger partial charge >= 0.3 is 0 Å². The first-order valence-electron chi connectivity index (χ1n) is 7.06. The Labute approximate surface area is 121 Å². The van der Waals surface area contributed by atoms with Gasteiger partial charge < -0.3 is 10.5 Å². The molecule has 2 rings (SSSR count). The van der Waals surface area contributed by atoms with Gasteiger partial charge in [-0.25, -0.2) is 0 Å². The second-order valence-electron chi connectivity index (χ2n) is 5.62. The van der Waals surface area contributed by atoms with E-state index in [1.807, 2.05) is 19.1 Å². The maximum Gasteiger partial charge on any atom is 0.123 e. The molecule has 2 nitrogen and oxygen atoms in total. The average Bonchev–Trinajstić information content (AvgIpc) is 2.40. The lowest BCUT2D eigenvalue weighted by Crippen LogP contribution is -2.03. The Bertz CT molecular complexity index is 602. The lowest BCUT2D eigenvalue weighted by atomic mass is 10.0. The van der Waals surface area contributed by atoms with E-state index in [0.29, 0.717) is 12.5 Å². The summed E-state index contributed by atoms with van der Waals surface area (Å²) in [5.41, 5.74) is 11.5. The van der Waals surface area contributed by atoms with Crippen molar-refractivity contribution in [1.29, 1.82) is 0 Å². The number of benzene rings is 2. The summed E-state index contributed by atoms with van der Waals surface area (Å²) in [6, 6.07) is 12.4. The minimum Gasteiger partial charge on any atom is -0.489 e. The van der Waals surface area contributed by atoms with Crippen molar-refractivity contribution in [3.05, 3.63) is 58.7 Å². The van der Waals surface area contributed by atoms with Gasteiger partial charge in [0.1, 0.15) is 12.4 Å². The van der Waals surface area contributed by atoms with Crippen LogP contribution in [0.5, 0.6) is 5.75 Å². The number of anilines is 1. The molecule has 0 spiro atoms. The maximum atomic E-state index is 6.05. The standard InChI is InChI=1S/C18H23NO/c1-12(2)16-9-8-13(3)10-18(16)20-11-15-6-5-7-17(19)14(15)4/h5-10,12H,11,19H2,1-4H3. The van der Waals surface area contributed by atoms with Crippen LogP contribution in [0.4, 0.5) is 5.69 Å². The molecular formula is C18H23NO. The highest BCUT2D eigenvalue weighted by atomic mass is 16.5. The first-order chi connectivity index (χ1) is 9.49. The number of nitrogens with two attached hydrogens (primary N) is 1. The number of rotatable bonds is 4. The molecule has 20 heavy (non-hydrogen) atoms. The van der Waals surface area contributed by atoms with Gasteiger partial charge in [-0.2, -0.15) is 0 Å². The molecule has 0 bridgehead atoms. The van der Waals surface area contributed by atoms with Gasteiger partial charge in [0.25, 0.3) is 0 Å². The molecule has 0 amide bonds. The van der Waals surface area contributed by atoms with E-state index in [0.717, 1.165) is 22.6 Å². The molecule has 0 saturated carbocycles. The Morgan fingerprint density at radius 1 is 1.10 bits per heavy atom. The Balaban J connectivity index is 2.22. The van der Waals surface area contributed by atoms with Crippen LogP contribution in [0.2, 0.25) is 0 Å². The topological polar surface area (TPSA) is 35.2 Å². The normalized spacial score (nSPS) is 10.8. The van der Waals surface area contributed by atoms with E-state index in [1.54, 1.807) is 0 Å². The summed E-state index contributed by atoms with van der Waals surface area (Å²) < 4.78 is 6.05. The molecule has 2 N–H and O–H groups in total. The molecule has 0 aliphatic carbocycles. The van der Waals surface area contributed by atoms with Gasteiger partial charge in [0.2, 0.25) is 0 Å². The maximum absolute atomic E-state index is 6.05. The lowest BCUT2D eigenvalue weighted by Gasteiger charge is -2.16. The van der Waals surface area contributed by atoms with E-state index >= 15 is 0 Å². The second kappa shape index (κ2) is 6.00. The molecule has 0 radical (unpaired) electrons. The minimum atomic E-state index is 0.451. The number of ether oxygens (including phenoxy) is 1. The number of hydrogen-bond donors (Lipinski definition) is 1. The van der Waals surface area contributed by atoms with E-state index in [1.165, 1.54) is 11.1 Å². The van der Waals surface area contributed by atoms with Crippen molar-refractivity contribution in [2.45, 2.75) is 40.2 Å². The highest BCUT2D eigenvalue weighted by Gasteiger charge is 2.09. The SMILES string of the molecule is Cc1ccc(C(C)C)c(OCc2cccc(N)c2C)c1. The van der Waals surface area contributed by atoms with E-state index in [9.17, 15) is 0 Å². The van der Waals surface area contributed by atoms with Crippen molar-refractivity contribution < 1.29 is 4.74 Å². The lowest BCUT2D eigenvalue weighted by molar-refractivity contribution is 0.301. The third-order valence-corrected chi connectivity index (χ3v) is 3.66. The van der Waals surface area contributed by atoms with Crippen LogP contribution in [0.1, 0.15) is 42.0 Å².